The predicted octanol–water partition coefficient (Wildman–Crippen LogP) is 14.4. The van der Waals surface area contributed by atoms with Crippen LogP contribution in [0.5, 0.6) is 0 Å². The number of benzene rings is 9. The number of nitrogens with zero attached hydrogens (tertiary/aromatic N) is 1. The normalized spacial score (nSPS) is 11.5. The van der Waals surface area contributed by atoms with Gasteiger partial charge in [-0.25, -0.2) is 0 Å². The van der Waals surface area contributed by atoms with Crippen LogP contribution in [0.4, 0.5) is 17.1 Å². The molecular weight excluding hydrogens is 631 g/mol. The Morgan fingerprint density at radius 3 is 1.29 bits per heavy atom. The van der Waals surface area contributed by atoms with Crippen molar-refractivity contribution in [2.45, 2.75) is 0 Å². The third-order valence-corrected chi connectivity index (χ3v) is 10.3. The Balaban J connectivity index is 1.11. The second kappa shape index (κ2) is 12.5. The van der Waals surface area contributed by atoms with E-state index in [-0.39, 0.29) is 0 Å². The summed E-state index contributed by atoms with van der Waals surface area (Å²) in [5.41, 5.74) is 12.0. The fourth-order valence-electron chi connectivity index (χ4n) is 7.73. The molecule has 0 fully saturated rings. The largest absolute Gasteiger partial charge is 0.455 e. The van der Waals surface area contributed by atoms with Gasteiger partial charge in [-0.05, 0) is 97.9 Å². The molecule has 0 unspecified atom stereocenters. The summed E-state index contributed by atoms with van der Waals surface area (Å²) in [6.07, 6.45) is 0. The second-order valence-electron chi connectivity index (χ2n) is 13.3. The highest BCUT2D eigenvalue weighted by Gasteiger charge is 2.17. The molecule has 0 amide bonds. The average Bonchev–Trinajstić information content (AvgIpc) is 3.36. The van der Waals surface area contributed by atoms with E-state index in [1.165, 1.54) is 43.8 Å². The molecule has 0 aliphatic rings. The minimum absolute atomic E-state index is 0.888. The van der Waals surface area contributed by atoms with Crippen molar-refractivity contribution in [3.63, 3.8) is 0 Å². The molecule has 10 aromatic rings. The Kier molecular flexibility index (Phi) is 7.18. The Labute approximate surface area is 302 Å². The van der Waals surface area contributed by atoms with E-state index < -0.39 is 0 Å². The highest BCUT2D eigenvalue weighted by atomic mass is 16.3. The standard InChI is InChI=1S/C50H33NO/c1-3-10-34(11-4-1)36-20-27-41(28-21-36)51(42-29-22-37(23-30-42)35-12-5-2-6-13-35)43-31-24-38(25-32-43)44-33-26-40-15-8-18-46-45-17-7-14-39-16-9-19-47(48(39)45)52-50(44)49(40)46/h1-33H. The number of anilines is 3. The zero-order chi connectivity index (χ0) is 34.4. The van der Waals surface area contributed by atoms with E-state index in [4.69, 9.17) is 4.42 Å². The molecular formula is C50H33NO. The maximum Gasteiger partial charge on any atom is 0.143 e. The summed E-state index contributed by atoms with van der Waals surface area (Å²) in [5.74, 6) is 0. The van der Waals surface area contributed by atoms with Crippen molar-refractivity contribution in [2.75, 3.05) is 4.90 Å². The summed E-state index contributed by atoms with van der Waals surface area (Å²) in [7, 11) is 0. The van der Waals surface area contributed by atoms with Gasteiger partial charge in [0, 0.05) is 33.4 Å². The maximum atomic E-state index is 6.93. The highest BCUT2D eigenvalue weighted by molar-refractivity contribution is 6.24. The third kappa shape index (κ3) is 5.12. The molecule has 0 N–H and O–H groups in total. The van der Waals surface area contributed by atoms with E-state index >= 15 is 0 Å². The van der Waals surface area contributed by atoms with Gasteiger partial charge in [-0.3, -0.25) is 0 Å². The molecule has 0 radical (unpaired) electrons. The molecule has 10 rings (SSSR count). The number of fused-ring (bicyclic) bond motifs is 1. The van der Waals surface area contributed by atoms with Crippen LogP contribution in [0.15, 0.2) is 205 Å². The Bertz CT molecular complexity index is 2770. The SMILES string of the molecule is c1ccc(-c2ccc(N(c3ccc(-c4ccccc4)cc3)c3ccc(-c4ccc5cccc6c7cccc8cccc(oc4c56)c87)cc3)cc2)cc1. The summed E-state index contributed by atoms with van der Waals surface area (Å²) >= 11 is 0. The maximum absolute atomic E-state index is 6.93. The summed E-state index contributed by atoms with van der Waals surface area (Å²) in [4.78, 5) is 2.33. The van der Waals surface area contributed by atoms with Gasteiger partial charge in [-0.2, -0.15) is 0 Å². The van der Waals surface area contributed by atoms with Gasteiger partial charge in [0.1, 0.15) is 11.2 Å². The first-order valence-electron chi connectivity index (χ1n) is 17.8. The van der Waals surface area contributed by atoms with Crippen LogP contribution in [0.25, 0.3) is 76.9 Å². The van der Waals surface area contributed by atoms with Crippen LogP contribution >= 0.6 is 0 Å². The van der Waals surface area contributed by atoms with E-state index in [1.807, 2.05) is 0 Å². The van der Waals surface area contributed by atoms with E-state index in [1.54, 1.807) is 0 Å². The number of hydrogen-bond donors (Lipinski definition) is 0. The van der Waals surface area contributed by atoms with Gasteiger partial charge in [0.05, 0.1) is 0 Å². The van der Waals surface area contributed by atoms with Crippen molar-refractivity contribution in [1.82, 2.24) is 0 Å². The molecule has 0 saturated carbocycles. The lowest BCUT2D eigenvalue weighted by Gasteiger charge is -2.26. The Morgan fingerprint density at radius 2 is 0.750 bits per heavy atom. The minimum Gasteiger partial charge on any atom is -0.455 e. The van der Waals surface area contributed by atoms with E-state index in [2.05, 4.69) is 205 Å². The van der Waals surface area contributed by atoms with Gasteiger partial charge in [0.2, 0.25) is 0 Å². The van der Waals surface area contributed by atoms with Crippen molar-refractivity contribution in [2.24, 2.45) is 0 Å². The first-order chi connectivity index (χ1) is 25.8. The van der Waals surface area contributed by atoms with Gasteiger partial charge in [0.15, 0.2) is 0 Å². The lowest BCUT2D eigenvalue weighted by atomic mass is 9.96. The van der Waals surface area contributed by atoms with Gasteiger partial charge in [-0.1, -0.05) is 152 Å². The van der Waals surface area contributed by atoms with Crippen LogP contribution in [0, 0.1) is 0 Å². The number of hydrogen-bond acceptors (Lipinski definition) is 2. The van der Waals surface area contributed by atoms with Gasteiger partial charge in [0.25, 0.3) is 0 Å². The van der Waals surface area contributed by atoms with Crippen LogP contribution in [0.1, 0.15) is 0 Å². The lowest BCUT2D eigenvalue weighted by Crippen LogP contribution is -2.09. The van der Waals surface area contributed by atoms with Crippen molar-refractivity contribution >= 4 is 60.5 Å². The van der Waals surface area contributed by atoms with Crippen molar-refractivity contribution in [3.8, 4) is 33.4 Å². The summed E-state index contributed by atoms with van der Waals surface area (Å²) in [6.45, 7) is 0. The topological polar surface area (TPSA) is 16.4 Å². The van der Waals surface area contributed by atoms with E-state index in [0.717, 1.165) is 50.1 Å². The third-order valence-electron chi connectivity index (χ3n) is 10.3. The van der Waals surface area contributed by atoms with Crippen molar-refractivity contribution in [3.05, 3.63) is 200 Å². The molecule has 9 aromatic carbocycles. The first-order valence-corrected chi connectivity index (χ1v) is 17.8. The molecule has 1 heterocycles. The smallest absolute Gasteiger partial charge is 0.143 e. The molecule has 0 atom stereocenters. The first kappa shape index (κ1) is 30.0. The second-order valence-corrected chi connectivity index (χ2v) is 13.3. The van der Waals surface area contributed by atoms with Crippen LogP contribution in [0.3, 0.4) is 0 Å². The van der Waals surface area contributed by atoms with E-state index in [0.29, 0.717) is 0 Å². The average molecular weight is 664 g/mol. The molecule has 2 heteroatoms. The summed E-state index contributed by atoms with van der Waals surface area (Å²) in [6, 6.07) is 71.5. The van der Waals surface area contributed by atoms with Crippen LogP contribution < -0.4 is 4.90 Å². The van der Waals surface area contributed by atoms with Crippen LogP contribution in [0.2, 0.25) is 0 Å². The zero-order valence-electron chi connectivity index (χ0n) is 28.4. The van der Waals surface area contributed by atoms with Crippen LogP contribution in [-0.2, 0) is 0 Å². The number of rotatable bonds is 6. The van der Waals surface area contributed by atoms with Gasteiger partial charge in [-0.15, -0.1) is 0 Å². The van der Waals surface area contributed by atoms with Gasteiger partial charge >= 0.3 is 0 Å². The predicted molar refractivity (Wildman–Crippen MR) is 220 cm³/mol. The zero-order valence-corrected chi connectivity index (χ0v) is 28.4. The summed E-state index contributed by atoms with van der Waals surface area (Å²) < 4.78 is 6.93. The molecule has 52 heavy (non-hydrogen) atoms. The van der Waals surface area contributed by atoms with Crippen LogP contribution in [-0.4, -0.2) is 0 Å². The molecule has 0 aliphatic carbocycles. The molecule has 0 saturated heterocycles. The molecule has 0 spiro atoms. The molecule has 244 valence electrons. The molecule has 0 bridgehead atoms. The molecule has 1 aromatic heterocycles. The highest BCUT2D eigenvalue weighted by Crippen LogP contribution is 2.42. The minimum atomic E-state index is 0.888. The fourth-order valence-corrected chi connectivity index (χ4v) is 7.73. The quantitative estimate of drug-likeness (QED) is 0.176. The monoisotopic (exact) mass is 663 g/mol. The molecule has 0 aliphatic heterocycles. The van der Waals surface area contributed by atoms with Crippen molar-refractivity contribution in [1.29, 1.82) is 0 Å². The van der Waals surface area contributed by atoms with E-state index in [9.17, 15) is 0 Å². The van der Waals surface area contributed by atoms with Crippen molar-refractivity contribution < 1.29 is 4.42 Å². The molecule has 2 nitrogen and oxygen atoms in total. The summed E-state index contributed by atoms with van der Waals surface area (Å²) in [5, 5.41) is 7.05. The Morgan fingerprint density at radius 1 is 0.308 bits per heavy atom. The lowest BCUT2D eigenvalue weighted by molar-refractivity contribution is 0.665. The van der Waals surface area contributed by atoms with Gasteiger partial charge < -0.3 is 9.32 Å². The Hall–Kier alpha value is -6.90. The fraction of sp³-hybridized carbons (Fsp3) is 0.